The Labute approximate surface area is 137 Å². The van der Waals surface area contributed by atoms with Crippen LogP contribution < -0.4 is 5.32 Å². The summed E-state index contributed by atoms with van der Waals surface area (Å²) in [6, 6.07) is 4.00. The lowest BCUT2D eigenvalue weighted by molar-refractivity contribution is -0.137. The Hall–Kier alpha value is -1.53. The first-order valence-corrected chi connectivity index (χ1v) is 7.81. The van der Waals surface area contributed by atoms with Crippen molar-refractivity contribution >= 4 is 11.6 Å². The molecule has 1 N–H and O–H groups in total. The minimum Gasteiger partial charge on any atom is -0.308 e. The van der Waals surface area contributed by atoms with E-state index in [0.717, 1.165) is 11.6 Å². The summed E-state index contributed by atoms with van der Waals surface area (Å²) in [5.74, 6) is 0.576. The van der Waals surface area contributed by atoms with Gasteiger partial charge in [0, 0.05) is 37.3 Å². The van der Waals surface area contributed by atoms with Crippen LogP contribution >= 0.6 is 11.6 Å². The maximum atomic E-state index is 12.9. The van der Waals surface area contributed by atoms with Crippen molar-refractivity contribution in [1.82, 2.24) is 15.1 Å². The van der Waals surface area contributed by atoms with Gasteiger partial charge >= 0.3 is 6.18 Å². The molecule has 1 saturated carbocycles. The van der Waals surface area contributed by atoms with Gasteiger partial charge in [0.2, 0.25) is 0 Å². The molecule has 1 aromatic heterocycles. The summed E-state index contributed by atoms with van der Waals surface area (Å²) < 4.78 is 40.4. The Morgan fingerprint density at radius 2 is 2.04 bits per heavy atom. The lowest BCUT2D eigenvalue weighted by Crippen LogP contribution is -2.15. The van der Waals surface area contributed by atoms with Crippen LogP contribution in [0, 0.1) is 0 Å². The van der Waals surface area contributed by atoms with Gasteiger partial charge in [-0.25, -0.2) is 0 Å². The second-order valence-electron chi connectivity index (χ2n) is 5.87. The van der Waals surface area contributed by atoms with Crippen LogP contribution in [0.25, 0.3) is 0 Å². The lowest BCUT2D eigenvalue weighted by Gasteiger charge is -2.12. The number of hydrogen-bond acceptors (Lipinski definition) is 2. The molecule has 3 nitrogen and oxygen atoms in total. The van der Waals surface area contributed by atoms with Crippen molar-refractivity contribution in [2.45, 2.75) is 38.0 Å². The van der Waals surface area contributed by atoms with Gasteiger partial charge < -0.3 is 5.32 Å². The van der Waals surface area contributed by atoms with Gasteiger partial charge in [0.15, 0.2) is 0 Å². The molecule has 0 spiro atoms. The highest BCUT2D eigenvalue weighted by Gasteiger charge is 2.33. The van der Waals surface area contributed by atoms with E-state index < -0.39 is 11.7 Å². The van der Waals surface area contributed by atoms with E-state index in [0.29, 0.717) is 24.6 Å². The van der Waals surface area contributed by atoms with E-state index in [4.69, 9.17) is 11.6 Å². The summed E-state index contributed by atoms with van der Waals surface area (Å²) >= 11 is 5.62. The number of hydrogen-bond donors (Lipinski definition) is 1. The number of rotatable bonds is 5. The van der Waals surface area contributed by atoms with Gasteiger partial charge in [0.1, 0.15) is 0 Å². The van der Waals surface area contributed by atoms with Gasteiger partial charge in [-0.3, -0.25) is 4.68 Å². The van der Waals surface area contributed by atoms with E-state index in [-0.39, 0.29) is 5.02 Å². The van der Waals surface area contributed by atoms with E-state index in [1.807, 2.05) is 17.9 Å². The van der Waals surface area contributed by atoms with Crippen molar-refractivity contribution in [3.63, 3.8) is 0 Å². The van der Waals surface area contributed by atoms with Crippen molar-refractivity contribution in [2.24, 2.45) is 7.05 Å². The van der Waals surface area contributed by atoms with Crippen molar-refractivity contribution in [3.05, 3.63) is 51.8 Å². The van der Waals surface area contributed by atoms with Crippen LogP contribution in [0.2, 0.25) is 5.02 Å². The molecule has 1 heterocycles. The Morgan fingerprint density at radius 1 is 1.30 bits per heavy atom. The highest BCUT2D eigenvalue weighted by molar-refractivity contribution is 6.31. The summed E-state index contributed by atoms with van der Waals surface area (Å²) in [7, 11) is 1.92. The summed E-state index contributed by atoms with van der Waals surface area (Å²) in [5.41, 5.74) is 2.10. The van der Waals surface area contributed by atoms with E-state index in [2.05, 4.69) is 10.4 Å². The van der Waals surface area contributed by atoms with Crippen LogP contribution in [-0.4, -0.2) is 9.78 Å². The van der Waals surface area contributed by atoms with E-state index in [9.17, 15) is 13.2 Å². The zero-order chi connectivity index (χ0) is 16.6. The van der Waals surface area contributed by atoms with Gasteiger partial charge in [0.05, 0.1) is 16.8 Å². The number of nitrogens with one attached hydrogen (secondary N) is 1. The number of aryl methyl sites for hydroxylation is 1. The third kappa shape index (κ3) is 3.70. The molecule has 0 saturated heterocycles. The maximum absolute atomic E-state index is 12.9. The van der Waals surface area contributed by atoms with Crippen molar-refractivity contribution < 1.29 is 13.2 Å². The zero-order valence-electron chi connectivity index (χ0n) is 12.6. The van der Waals surface area contributed by atoms with Gasteiger partial charge in [-0.05, 0) is 30.5 Å². The zero-order valence-corrected chi connectivity index (χ0v) is 13.4. The highest BCUT2D eigenvalue weighted by atomic mass is 35.5. The van der Waals surface area contributed by atoms with Gasteiger partial charge in [-0.15, -0.1) is 0 Å². The van der Waals surface area contributed by atoms with Crippen molar-refractivity contribution in [2.75, 3.05) is 0 Å². The molecule has 0 amide bonds. The molecule has 2 aromatic rings. The molecule has 0 aliphatic heterocycles. The predicted octanol–water partition coefficient (Wildman–Crippen LogP) is 4.26. The molecule has 1 aliphatic carbocycles. The Balaban J connectivity index is 1.65. The fraction of sp³-hybridized carbons (Fsp3) is 0.438. The number of halogens is 4. The quantitative estimate of drug-likeness (QED) is 0.879. The fourth-order valence-electron chi connectivity index (χ4n) is 2.75. The van der Waals surface area contributed by atoms with Crippen LogP contribution in [0.5, 0.6) is 0 Å². The molecule has 0 unspecified atom stereocenters. The summed E-state index contributed by atoms with van der Waals surface area (Å²) in [5, 5.41) is 7.19. The van der Waals surface area contributed by atoms with Gasteiger partial charge in [0.25, 0.3) is 0 Å². The molecular formula is C16H17ClF3N3. The summed E-state index contributed by atoms with van der Waals surface area (Å²) in [6.45, 7) is 0.933. The molecule has 3 rings (SSSR count). The Bertz CT molecular complexity index is 705. The SMILES string of the molecule is Cn1ncc(CNCc2ccc(Cl)c(C(F)(F)F)c2)c1C1CC1. The third-order valence-electron chi connectivity index (χ3n) is 4.01. The van der Waals surface area contributed by atoms with Gasteiger partial charge in [-0.1, -0.05) is 17.7 Å². The molecule has 0 radical (unpaired) electrons. The van der Waals surface area contributed by atoms with E-state index in [1.165, 1.54) is 24.6 Å². The lowest BCUT2D eigenvalue weighted by atomic mass is 10.1. The van der Waals surface area contributed by atoms with Crippen LogP contribution in [0.3, 0.4) is 0 Å². The second-order valence-corrected chi connectivity index (χ2v) is 6.28. The molecule has 1 fully saturated rings. The summed E-state index contributed by atoms with van der Waals surface area (Å²) in [6.07, 6.45) is -0.253. The molecule has 1 aromatic carbocycles. The molecular weight excluding hydrogens is 327 g/mol. The average molecular weight is 344 g/mol. The smallest absolute Gasteiger partial charge is 0.308 e. The molecule has 0 atom stereocenters. The minimum atomic E-state index is -4.43. The predicted molar refractivity (Wildman–Crippen MR) is 82.2 cm³/mol. The van der Waals surface area contributed by atoms with E-state index >= 15 is 0 Å². The van der Waals surface area contributed by atoms with Crippen molar-refractivity contribution in [3.8, 4) is 0 Å². The summed E-state index contributed by atoms with van der Waals surface area (Å²) in [4.78, 5) is 0. The van der Waals surface area contributed by atoms with Crippen molar-refractivity contribution in [1.29, 1.82) is 0 Å². The van der Waals surface area contributed by atoms with E-state index in [1.54, 1.807) is 6.07 Å². The number of aromatic nitrogens is 2. The van der Waals surface area contributed by atoms with Crippen LogP contribution in [0.1, 0.15) is 41.1 Å². The molecule has 23 heavy (non-hydrogen) atoms. The molecule has 124 valence electrons. The largest absolute Gasteiger partial charge is 0.417 e. The monoisotopic (exact) mass is 343 g/mol. The standard InChI is InChI=1S/C16H17ClF3N3/c1-23-15(11-3-4-11)12(9-22-23)8-21-7-10-2-5-14(17)13(6-10)16(18,19)20/h2,5-6,9,11,21H,3-4,7-8H2,1H3. The highest BCUT2D eigenvalue weighted by Crippen LogP contribution is 2.41. The molecule has 1 aliphatic rings. The Kier molecular flexibility index (Phi) is 4.38. The van der Waals surface area contributed by atoms with Crippen LogP contribution in [0.15, 0.2) is 24.4 Å². The second kappa shape index (κ2) is 6.17. The number of benzene rings is 1. The van der Waals surface area contributed by atoms with Crippen LogP contribution in [0.4, 0.5) is 13.2 Å². The average Bonchev–Trinajstić information content (AvgIpc) is 3.24. The molecule has 7 heteroatoms. The first-order chi connectivity index (χ1) is 10.9. The Morgan fingerprint density at radius 3 is 2.70 bits per heavy atom. The van der Waals surface area contributed by atoms with Crippen LogP contribution in [-0.2, 0) is 26.3 Å². The third-order valence-corrected chi connectivity index (χ3v) is 4.34. The molecule has 0 bridgehead atoms. The normalized spacial score (nSPS) is 15.2. The maximum Gasteiger partial charge on any atom is 0.417 e. The fourth-order valence-corrected chi connectivity index (χ4v) is 2.98. The first kappa shape index (κ1) is 16.3. The minimum absolute atomic E-state index is 0.274. The van der Waals surface area contributed by atoms with Gasteiger partial charge in [-0.2, -0.15) is 18.3 Å². The number of alkyl halides is 3. The first-order valence-electron chi connectivity index (χ1n) is 7.43. The number of nitrogens with zero attached hydrogens (tertiary/aromatic N) is 2. The topological polar surface area (TPSA) is 29.9 Å².